The summed E-state index contributed by atoms with van der Waals surface area (Å²) in [5.41, 5.74) is 1.89. The number of esters is 1. The van der Waals surface area contributed by atoms with E-state index in [-0.39, 0.29) is 18.9 Å². The summed E-state index contributed by atoms with van der Waals surface area (Å²) in [4.78, 5) is 25.0. The SMILES string of the molecule is CCOC(=O)c1c(-c2ccc(Cl)cc2)csc1NC(=O)CCCOc1ccccc1. The average Bonchev–Trinajstić information content (AvgIpc) is 3.16. The number of para-hydroxylation sites is 1. The molecule has 0 saturated carbocycles. The molecule has 0 bridgehead atoms. The van der Waals surface area contributed by atoms with Crippen molar-refractivity contribution >= 4 is 39.8 Å². The summed E-state index contributed by atoms with van der Waals surface area (Å²) in [7, 11) is 0. The largest absolute Gasteiger partial charge is 0.494 e. The Morgan fingerprint density at radius 2 is 1.80 bits per heavy atom. The van der Waals surface area contributed by atoms with Gasteiger partial charge in [-0.3, -0.25) is 4.79 Å². The van der Waals surface area contributed by atoms with Crippen molar-refractivity contribution in [3.8, 4) is 16.9 Å². The highest BCUT2D eigenvalue weighted by atomic mass is 35.5. The second kappa shape index (κ2) is 10.8. The van der Waals surface area contributed by atoms with Crippen LogP contribution < -0.4 is 10.1 Å². The van der Waals surface area contributed by atoms with Crippen LogP contribution in [-0.4, -0.2) is 25.1 Å². The number of hydrogen-bond acceptors (Lipinski definition) is 5. The Bertz CT molecular complexity index is 986. The molecule has 0 unspecified atom stereocenters. The summed E-state index contributed by atoms with van der Waals surface area (Å²) in [6, 6.07) is 16.6. The molecule has 5 nitrogen and oxygen atoms in total. The van der Waals surface area contributed by atoms with Crippen LogP contribution in [0.1, 0.15) is 30.1 Å². The minimum atomic E-state index is -0.466. The van der Waals surface area contributed by atoms with E-state index in [1.807, 2.05) is 47.8 Å². The molecule has 3 aromatic rings. The number of hydrogen-bond donors (Lipinski definition) is 1. The van der Waals surface area contributed by atoms with Crippen molar-refractivity contribution in [2.45, 2.75) is 19.8 Å². The monoisotopic (exact) mass is 443 g/mol. The number of benzene rings is 2. The van der Waals surface area contributed by atoms with E-state index in [1.165, 1.54) is 11.3 Å². The van der Waals surface area contributed by atoms with Crippen molar-refractivity contribution < 1.29 is 19.1 Å². The van der Waals surface area contributed by atoms with E-state index in [9.17, 15) is 9.59 Å². The predicted octanol–water partition coefficient (Wildman–Crippen LogP) is 6.04. The number of rotatable bonds is 9. The molecule has 7 heteroatoms. The van der Waals surface area contributed by atoms with Crippen LogP contribution >= 0.6 is 22.9 Å². The topological polar surface area (TPSA) is 64.6 Å². The third-order valence-electron chi connectivity index (χ3n) is 4.24. The summed E-state index contributed by atoms with van der Waals surface area (Å²) in [6.45, 7) is 2.43. The number of carbonyl (C=O) groups is 2. The summed E-state index contributed by atoms with van der Waals surface area (Å²) in [5.74, 6) is 0.126. The van der Waals surface area contributed by atoms with Crippen molar-refractivity contribution in [3.05, 3.63) is 70.6 Å². The molecule has 0 aliphatic carbocycles. The molecule has 0 radical (unpaired) electrons. The van der Waals surface area contributed by atoms with Crippen molar-refractivity contribution in [3.63, 3.8) is 0 Å². The van der Waals surface area contributed by atoms with Crippen molar-refractivity contribution in [2.75, 3.05) is 18.5 Å². The van der Waals surface area contributed by atoms with Gasteiger partial charge >= 0.3 is 5.97 Å². The van der Waals surface area contributed by atoms with Crippen LogP contribution in [0, 0.1) is 0 Å². The quantitative estimate of drug-likeness (QED) is 0.323. The van der Waals surface area contributed by atoms with Gasteiger partial charge in [0.25, 0.3) is 0 Å². The van der Waals surface area contributed by atoms with Crippen LogP contribution in [0.5, 0.6) is 5.75 Å². The third-order valence-corrected chi connectivity index (χ3v) is 5.39. The molecule has 156 valence electrons. The number of thiophene rings is 1. The molecule has 0 saturated heterocycles. The van der Waals surface area contributed by atoms with Gasteiger partial charge in [0.1, 0.15) is 16.3 Å². The number of amides is 1. The first-order valence-electron chi connectivity index (χ1n) is 9.60. The molecule has 0 fully saturated rings. The van der Waals surface area contributed by atoms with Gasteiger partial charge in [-0.2, -0.15) is 0 Å². The summed E-state index contributed by atoms with van der Waals surface area (Å²) >= 11 is 7.27. The van der Waals surface area contributed by atoms with E-state index in [1.54, 1.807) is 19.1 Å². The van der Waals surface area contributed by atoms with Crippen LogP contribution in [0.15, 0.2) is 60.0 Å². The van der Waals surface area contributed by atoms with Gasteiger partial charge in [-0.1, -0.05) is 41.9 Å². The van der Waals surface area contributed by atoms with Gasteiger partial charge in [-0.15, -0.1) is 11.3 Å². The van der Waals surface area contributed by atoms with Crippen LogP contribution in [0.3, 0.4) is 0 Å². The van der Waals surface area contributed by atoms with Gasteiger partial charge in [0, 0.05) is 22.4 Å². The van der Waals surface area contributed by atoms with E-state index in [0.29, 0.717) is 34.2 Å². The second-order valence-electron chi connectivity index (χ2n) is 6.39. The summed E-state index contributed by atoms with van der Waals surface area (Å²) in [6.07, 6.45) is 0.841. The number of halogens is 1. The number of carbonyl (C=O) groups excluding carboxylic acids is 2. The highest BCUT2D eigenvalue weighted by Crippen LogP contribution is 2.36. The Morgan fingerprint density at radius 3 is 2.50 bits per heavy atom. The number of anilines is 1. The Labute approximate surface area is 184 Å². The van der Waals surface area contributed by atoms with E-state index >= 15 is 0 Å². The van der Waals surface area contributed by atoms with Crippen LogP contribution in [0.25, 0.3) is 11.1 Å². The minimum absolute atomic E-state index is 0.179. The maximum Gasteiger partial charge on any atom is 0.341 e. The van der Waals surface area contributed by atoms with Gasteiger partial charge in [0.2, 0.25) is 5.91 Å². The summed E-state index contributed by atoms with van der Waals surface area (Å²) < 4.78 is 10.8. The van der Waals surface area contributed by atoms with Crippen LogP contribution in [-0.2, 0) is 9.53 Å². The van der Waals surface area contributed by atoms with Gasteiger partial charge < -0.3 is 14.8 Å². The zero-order chi connectivity index (χ0) is 21.3. The first-order chi connectivity index (χ1) is 14.6. The molecule has 0 aliphatic rings. The lowest BCUT2D eigenvalue weighted by Gasteiger charge is -2.09. The van der Waals surface area contributed by atoms with Crippen LogP contribution in [0.2, 0.25) is 5.02 Å². The molecule has 1 amide bonds. The number of nitrogens with one attached hydrogen (secondary N) is 1. The lowest BCUT2D eigenvalue weighted by Crippen LogP contribution is -2.15. The molecular weight excluding hydrogens is 422 g/mol. The second-order valence-corrected chi connectivity index (χ2v) is 7.71. The fourth-order valence-corrected chi connectivity index (χ4v) is 3.93. The van der Waals surface area contributed by atoms with E-state index in [4.69, 9.17) is 21.1 Å². The van der Waals surface area contributed by atoms with Crippen LogP contribution in [0.4, 0.5) is 5.00 Å². The Morgan fingerprint density at radius 1 is 1.07 bits per heavy atom. The zero-order valence-corrected chi connectivity index (χ0v) is 18.1. The molecule has 1 N–H and O–H groups in total. The average molecular weight is 444 g/mol. The van der Waals surface area contributed by atoms with E-state index in [0.717, 1.165) is 11.3 Å². The molecule has 0 aliphatic heterocycles. The Kier molecular flexibility index (Phi) is 7.88. The smallest absolute Gasteiger partial charge is 0.341 e. The van der Waals surface area contributed by atoms with Gasteiger partial charge in [0.05, 0.1) is 13.2 Å². The Hall–Kier alpha value is -2.83. The van der Waals surface area contributed by atoms with Crippen molar-refractivity contribution in [1.82, 2.24) is 0 Å². The molecule has 1 aromatic heterocycles. The molecule has 0 spiro atoms. The highest BCUT2D eigenvalue weighted by Gasteiger charge is 2.22. The third kappa shape index (κ3) is 5.84. The fourth-order valence-electron chi connectivity index (χ4n) is 2.83. The maximum atomic E-state index is 12.6. The molecule has 3 rings (SSSR count). The molecule has 2 aromatic carbocycles. The number of ether oxygens (including phenoxy) is 2. The standard InChI is InChI=1S/C23H22ClNO4S/c1-2-28-23(27)21-19(16-10-12-17(24)13-11-16)15-30-22(21)25-20(26)9-6-14-29-18-7-4-3-5-8-18/h3-5,7-8,10-13,15H,2,6,9,14H2,1H3,(H,25,26). The Balaban J connectivity index is 1.66. The molecular formula is C23H22ClNO4S. The minimum Gasteiger partial charge on any atom is -0.494 e. The van der Waals surface area contributed by atoms with Gasteiger partial charge in [-0.25, -0.2) is 4.79 Å². The van der Waals surface area contributed by atoms with Gasteiger partial charge in [-0.05, 0) is 43.2 Å². The first-order valence-corrected chi connectivity index (χ1v) is 10.9. The van der Waals surface area contributed by atoms with E-state index in [2.05, 4.69) is 5.32 Å². The lowest BCUT2D eigenvalue weighted by atomic mass is 10.0. The normalized spacial score (nSPS) is 10.5. The molecule has 1 heterocycles. The highest BCUT2D eigenvalue weighted by molar-refractivity contribution is 7.15. The fraction of sp³-hybridized carbons (Fsp3) is 0.217. The van der Waals surface area contributed by atoms with Gasteiger partial charge in [0.15, 0.2) is 0 Å². The lowest BCUT2D eigenvalue weighted by molar-refractivity contribution is -0.116. The van der Waals surface area contributed by atoms with Crippen molar-refractivity contribution in [1.29, 1.82) is 0 Å². The zero-order valence-electron chi connectivity index (χ0n) is 16.5. The summed E-state index contributed by atoms with van der Waals surface area (Å²) in [5, 5.41) is 5.77. The van der Waals surface area contributed by atoms with Crippen molar-refractivity contribution in [2.24, 2.45) is 0 Å². The maximum absolute atomic E-state index is 12.6. The first kappa shape index (κ1) is 21.9. The predicted molar refractivity (Wildman–Crippen MR) is 121 cm³/mol. The molecule has 0 atom stereocenters. The van der Waals surface area contributed by atoms with E-state index < -0.39 is 5.97 Å². The molecule has 30 heavy (non-hydrogen) atoms.